The second-order valence-electron chi connectivity index (χ2n) is 27.7. The molecule has 0 aromatic heterocycles. The summed E-state index contributed by atoms with van der Waals surface area (Å²) in [5, 5.41) is 0. The minimum Gasteiger partial charge on any atom is -0.756 e. The van der Waals surface area contributed by atoms with Gasteiger partial charge in [-0.1, -0.05) is 351 Å². The molecule has 0 N–H and O–H groups in total. The van der Waals surface area contributed by atoms with Crippen molar-refractivity contribution in [3.63, 3.8) is 0 Å². The third kappa shape index (κ3) is 74.7. The van der Waals surface area contributed by atoms with Crippen LogP contribution >= 0.6 is 7.82 Å². The number of esters is 2. The number of nitrogens with zero attached hydrogens (tertiary/aromatic N) is 1. The number of rotatable bonds is 73. The average molecular weight is 1290 g/mol. The van der Waals surface area contributed by atoms with Crippen LogP contribution in [0.2, 0.25) is 0 Å². The summed E-state index contributed by atoms with van der Waals surface area (Å²) < 4.78 is 34.4. The summed E-state index contributed by atoms with van der Waals surface area (Å²) in [5.41, 5.74) is 0. The summed E-state index contributed by atoms with van der Waals surface area (Å²) in [4.78, 5) is 38.2. The lowest BCUT2D eigenvalue weighted by Crippen LogP contribution is -2.37. The SMILES string of the molecule is CCCCCCC/C=C\C/C=C\C/C=C\CCCCCCCCCCCCCCCCCCCCC(=O)OC(COC(=O)CCCCCCCCCCCCCCCCCCCCCCC/C=C\C/C=C\CCCCCCC)COP(=O)([O-])OCC[N+](C)(C)C. The zero-order valence-electron chi connectivity index (χ0n) is 60.4. The smallest absolute Gasteiger partial charge is 0.306 e. The van der Waals surface area contributed by atoms with Crippen LogP contribution in [-0.4, -0.2) is 70.0 Å². The summed E-state index contributed by atoms with van der Waals surface area (Å²) in [6, 6.07) is 0. The standard InChI is InChI=1S/C80H150NO8P/c1-6-8-10-12-14-16-18-20-22-24-26-28-30-32-34-36-38-40-42-44-46-48-50-52-54-56-58-60-62-64-66-68-70-72-79(82)86-76-78(77-88-90(84,85)87-75-74-81(3,4)5)89-80(83)73-71-69-67-65-63-61-59-57-55-53-51-49-47-45-43-41-39-37-35-33-31-29-27-25-23-21-19-17-15-13-11-9-7-2/h18-21,24-27,31,33,78H,6-17,22-23,28-30,32,34-77H2,1-5H3/b20-18-,21-19-,26-24-,27-25-,33-31-. The maximum atomic E-state index is 12.9. The van der Waals surface area contributed by atoms with Gasteiger partial charge in [-0.15, -0.1) is 0 Å². The largest absolute Gasteiger partial charge is 0.756 e. The molecule has 0 rings (SSSR count). The van der Waals surface area contributed by atoms with Crippen molar-refractivity contribution < 1.29 is 42.1 Å². The Kier molecular flexibility index (Phi) is 69.2. The number of allylic oxidation sites excluding steroid dienone is 10. The van der Waals surface area contributed by atoms with E-state index < -0.39 is 26.5 Å². The van der Waals surface area contributed by atoms with Gasteiger partial charge in [0.05, 0.1) is 27.7 Å². The lowest BCUT2D eigenvalue weighted by atomic mass is 10.0. The Morgan fingerprint density at radius 3 is 0.889 bits per heavy atom. The molecule has 10 heteroatoms. The van der Waals surface area contributed by atoms with Crippen molar-refractivity contribution >= 4 is 19.8 Å². The first-order valence-electron chi connectivity index (χ1n) is 39.0. The number of phosphoric ester groups is 1. The van der Waals surface area contributed by atoms with Crippen LogP contribution in [0.4, 0.5) is 0 Å². The van der Waals surface area contributed by atoms with Gasteiger partial charge in [-0.2, -0.15) is 0 Å². The molecule has 0 aromatic carbocycles. The molecule has 90 heavy (non-hydrogen) atoms. The highest BCUT2D eigenvalue weighted by Gasteiger charge is 2.22. The summed E-state index contributed by atoms with van der Waals surface area (Å²) in [6.45, 7) is 4.28. The van der Waals surface area contributed by atoms with Crippen LogP contribution in [0.25, 0.3) is 0 Å². The Balaban J connectivity index is 3.95. The Bertz CT molecular complexity index is 1700. The van der Waals surface area contributed by atoms with E-state index in [0.29, 0.717) is 17.4 Å². The fourth-order valence-corrected chi connectivity index (χ4v) is 12.3. The van der Waals surface area contributed by atoms with Crippen LogP contribution in [0.15, 0.2) is 60.8 Å². The Labute approximate surface area is 559 Å². The quantitative estimate of drug-likeness (QED) is 0.0195. The van der Waals surface area contributed by atoms with Crippen LogP contribution in [0.3, 0.4) is 0 Å². The predicted molar refractivity (Wildman–Crippen MR) is 388 cm³/mol. The highest BCUT2D eigenvalue weighted by Crippen LogP contribution is 2.38. The first-order valence-corrected chi connectivity index (χ1v) is 40.5. The van der Waals surface area contributed by atoms with E-state index in [1.54, 1.807) is 0 Å². The summed E-state index contributed by atoms with van der Waals surface area (Å²) in [6.07, 6.45) is 94.8. The molecule has 0 aliphatic carbocycles. The molecule has 9 nitrogen and oxygen atoms in total. The minimum atomic E-state index is -4.64. The number of unbranched alkanes of at least 4 members (excludes halogenated alkanes) is 49. The lowest BCUT2D eigenvalue weighted by molar-refractivity contribution is -0.870. The molecule has 0 bridgehead atoms. The van der Waals surface area contributed by atoms with E-state index in [4.69, 9.17) is 18.5 Å². The summed E-state index contributed by atoms with van der Waals surface area (Å²) in [5.74, 6) is -0.813. The average Bonchev–Trinajstić information content (AvgIpc) is 3.58. The second kappa shape index (κ2) is 71.0. The molecular formula is C80H150NO8P. The molecular weight excluding hydrogens is 1130 g/mol. The van der Waals surface area contributed by atoms with Crippen molar-refractivity contribution in [1.82, 2.24) is 0 Å². The molecule has 0 aliphatic rings. The van der Waals surface area contributed by atoms with Crippen LogP contribution in [0, 0.1) is 0 Å². The molecule has 0 saturated heterocycles. The Morgan fingerprint density at radius 1 is 0.344 bits per heavy atom. The number of hydrogen-bond donors (Lipinski definition) is 0. The van der Waals surface area contributed by atoms with Crippen molar-refractivity contribution in [2.75, 3.05) is 47.5 Å². The minimum absolute atomic E-state index is 0.0292. The van der Waals surface area contributed by atoms with Crippen LogP contribution < -0.4 is 4.89 Å². The number of hydrogen-bond acceptors (Lipinski definition) is 8. The van der Waals surface area contributed by atoms with E-state index in [1.165, 1.54) is 302 Å². The van der Waals surface area contributed by atoms with E-state index >= 15 is 0 Å². The van der Waals surface area contributed by atoms with Crippen LogP contribution in [0.1, 0.15) is 386 Å². The van der Waals surface area contributed by atoms with E-state index in [2.05, 4.69) is 74.6 Å². The molecule has 0 saturated carbocycles. The fourth-order valence-electron chi connectivity index (χ4n) is 11.5. The van der Waals surface area contributed by atoms with Gasteiger partial charge in [-0.3, -0.25) is 14.2 Å². The van der Waals surface area contributed by atoms with Gasteiger partial charge < -0.3 is 27.9 Å². The normalized spacial score (nSPS) is 13.4. The third-order valence-corrected chi connectivity index (χ3v) is 18.5. The van der Waals surface area contributed by atoms with Gasteiger partial charge in [-0.05, 0) is 83.5 Å². The molecule has 0 amide bonds. The van der Waals surface area contributed by atoms with Crippen LogP contribution in [-0.2, 0) is 32.7 Å². The second-order valence-corrected chi connectivity index (χ2v) is 29.1. The molecule has 528 valence electrons. The van der Waals surface area contributed by atoms with Gasteiger partial charge in [0, 0.05) is 12.8 Å². The predicted octanol–water partition coefficient (Wildman–Crippen LogP) is 25.1. The number of likely N-dealkylation sites (N-methyl/N-ethyl adjacent to an activating group) is 1. The molecule has 2 atom stereocenters. The number of carbonyl (C=O) groups is 2. The summed E-state index contributed by atoms with van der Waals surface area (Å²) >= 11 is 0. The van der Waals surface area contributed by atoms with Gasteiger partial charge >= 0.3 is 11.9 Å². The molecule has 0 aromatic rings. The van der Waals surface area contributed by atoms with Gasteiger partial charge in [-0.25, -0.2) is 0 Å². The fraction of sp³-hybridized carbons (Fsp3) is 0.850. The van der Waals surface area contributed by atoms with Gasteiger partial charge in [0.15, 0.2) is 6.10 Å². The Hall–Kier alpha value is -2.29. The van der Waals surface area contributed by atoms with E-state index in [-0.39, 0.29) is 32.0 Å². The Morgan fingerprint density at radius 2 is 0.600 bits per heavy atom. The highest BCUT2D eigenvalue weighted by atomic mass is 31.2. The lowest BCUT2D eigenvalue weighted by Gasteiger charge is -2.28. The maximum absolute atomic E-state index is 12.9. The van der Waals surface area contributed by atoms with Crippen molar-refractivity contribution in [3.05, 3.63) is 60.8 Å². The number of carbonyl (C=O) groups excluding carboxylic acids is 2. The molecule has 2 unspecified atom stereocenters. The number of phosphoric acid groups is 1. The van der Waals surface area contributed by atoms with E-state index in [0.717, 1.165) is 51.4 Å². The van der Waals surface area contributed by atoms with Gasteiger partial charge in [0.2, 0.25) is 0 Å². The first-order chi connectivity index (χ1) is 44.0. The molecule has 0 heterocycles. The topological polar surface area (TPSA) is 111 Å². The van der Waals surface area contributed by atoms with Gasteiger partial charge in [0.25, 0.3) is 7.82 Å². The van der Waals surface area contributed by atoms with Crippen LogP contribution in [0.5, 0.6) is 0 Å². The zero-order valence-corrected chi connectivity index (χ0v) is 61.2. The number of quaternary nitrogens is 1. The van der Waals surface area contributed by atoms with Crippen molar-refractivity contribution in [2.24, 2.45) is 0 Å². The molecule has 0 spiro atoms. The van der Waals surface area contributed by atoms with E-state index in [1.807, 2.05) is 21.1 Å². The third-order valence-electron chi connectivity index (χ3n) is 17.5. The monoisotopic (exact) mass is 1280 g/mol. The maximum Gasteiger partial charge on any atom is 0.306 e. The van der Waals surface area contributed by atoms with Crippen molar-refractivity contribution in [3.8, 4) is 0 Å². The molecule has 0 aliphatic heterocycles. The van der Waals surface area contributed by atoms with Crippen molar-refractivity contribution in [1.29, 1.82) is 0 Å². The van der Waals surface area contributed by atoms with Crippen molar-refractivity contribution in [2.45, 2.75) is 392 Å². The molecule has 0 fully saturated rings. The van der Waals surface area contributed by atoms with Gasteiger partial charge in [0.1, 0.15) is 19.8 Å². The first kappa shape index (κ1) is 87.7. The summed E-state index contributed by atoms with van der Waals surface area (Å²) in [7, 11) is 1.18. The molecule has 0 radical (unpaired) electrons. The highest BCUT2D eigenvalue weighted by molar-refractivity contribution is 7.45. The zero-order chi connectivity index (χ0) is 65.5. The van der Waals surface area contributed by atoms with E-state index in [9.17, 15) is 19.0 Å². The number of ether oxygens (including phenoxy) is 2.